The van der Waals surface area contributed by atoms with Gasteiger partial charge in [0.1, 0.15) is 0 Å². The lowest BCUT2D eigenvalue weighted by atomic mass is 10.2. The minimum absolute atomic E-state index is 0. The number of nitrogens with two attached hydrogens (primary N) is 2. The van der Waals surface area contributed by atoms with Gasteiger partial charge in [0.15, 0.2) is 11.5 Å². The summed E-state index contributed by atoms with van der Waals surface area (Å²) >= 11 is 4.85. The number of halogens is 6. The molecule has 0 spiro atoms. The van der Waals surface area contributed by atoms with Crippen LogP contribution in [0.5, 0.6) is 11.5 Å². The summed E-state index contributed by atoms with van der Waals surface area (Å²) in [5, 5.41) is -3.78. The van der Waals surface area contributed by atoms with Gasteiger partial charge in [-0.15, -0.1) is 24.8 Å². The van der Waals surface area contributed by atoms with Gasteiger partial charge in [-0.1, -0.05) is 0 Å². The third-order valence-electron chi connectivity index (χ3n) is 1.96. The monoisotopic (exact) mass is 326 g/mol. The van der Waals surface area contributed by atoms with E-state index < -0.39 is 17.2 Å². The van der Waals surface area contributed by atoms with Crippen LogP contribution in [0, 0.1) is 0 Å². The van der Waals surface area contributed by atoms with Crippen LogP contribution in [-0.4, -0.2) is 11.4 Å². The van der Waals surface area contributed by atoms with E-state index in [1.165, 1.54) is 0 Å². The summed E-state index contributed by atoms with van der Waals surface area (Å²) in [6, 6.07) is 2.06. The minimum atomic E-state index is -4.32. The highest BCUT2D eigenvalue weighted by molar-refractivity contribution is 6.22. The van der Waals surface area contributed by atoms with Gasteiger partial charge in [0.2, 0.25) is 0 Å². The summed E-state index contributed by atoms with van der Waals surface area (Å²) in [5.74, 6) is -0.763. The summed E-state index contributed by atoms with van der Waals surface area (Å²) in [6.45, 7) is 0. The molecular formula is C8H8Cl3F3N2O2. The normalized spacial score (nSPS) is 23.6. The van der Waals surface area contributed by atoms with Gasteiger partial charge in [-0.25, -0.2) is 0 Å². The van der Waals surface area contributed by atoms with Crippen LogP contribution in [0.15, 0.2) is 12.1 Å². The number of ether oxygens (including phenoxy) is 2. The van der Waals surface area contributed by atoms with Crippen LogP contribution in [0.1, 0.15) is 0 Å². The molecule has 2 rings (SSSR count). The number of nitrogen functional groups attached to an aromatic ring is 2. The highest BCUT2D eigenvalue weighted by Gasteiger charge is 2.63. The summed E-state index contributed by atoms with van der Waals surface area (Å²) in [6.07, 6.45) is -4.32. The lowest BCUT2D eigenvalue weighted by molar-refractivity contribution is -0.303. The first-order chi connectivity index (χ1) is 7.23. The maximum atomic E-state index is 13.2. The van der Waals surface area contributed by atoms with Crippen LogP contribution in [0.3, 0.4) is 0 Å². The van der Waals surface area contributed by atoms with Crippen molar-refractivity contribution < 1.29 is 22.6 Å². The van der Waals surface area contributed by atoms with Gasteiger partial charge < -0.3 is 20.9 Å². The van der Waals surface area contributed by atoms with E-state index in [1.54, 1.807) is 0 Å². The fourth-order valence-corrected chi connectivity index (χ4v) is 1.27. The van der Waals surface area contributed by atoms with Crippen LogP contribution in [0.25, 0.3) is 0 Å². The smallest absolute Gasteiger partial charge is 0.434 e. The molecule has 0 aromatic heterocycles. The fraction of sp³-hybridized carbons (Fsp3) is 0.250. The third-order valence-corrected chi connectivity index (χ3v) is 2.26. The van der Waals surface area contributed by atoms with E-state index in [0.717, 1.165) is 12.1 Å². The fourth-order valence-electron chi connectivity index (χ4n) is 1.15. The number of rotatable bonds is 0. The Morgan fingerprint density at radius 2 is 1.33 bits per heavy atom. The molecule has 0 saturated heterocycles. The van der Waals surface area contributed by atoms with Crippen LogP contribution >= 0.6 is 36.4 Å². The molecule has 18 heavy (non-hydrogen) atoms. The van der Waals surface area contributed by atoms with Crippen molar-refractivity contribution in [1.29, 1.82) is 0 Å². The minimum Gasteiger partial charge on any atom is -0.434 e. The predicted molar refractivity (Wildman–Crippen MR) is 65.7 cm³/mol. The van der Waals surface area contributed by atoms with Gasteiger partial charge >= 0.3 is 11.4 Å². The molecule has 1 aliphatic rings. The Bertz CT molecular complexity index is 418. The molecule has 10 heteroatoms. The SMILES string of the molecule is Cl.Cl.Nc1cc2c(cc1N)OC(F)(Cl)C(F)(F)O2. The van der Waals surface area contributed by atoms with Crippen molar-refractivity contribution in [3.05, 3.63) is 12.1 Å². The molecule has 0 bridgehead atoms. The lowest BCUT2D eigenvalue weighted by Crippen LogP contribution is -2.51. The second-order valence-corrected chi connectivity index (χ2v) is 3.65. The van der Waals surface area contributed by atoms with Crippen molar-refractivity contribution in [1.82, 2.24) is 0 Å². The van der Waals surface area contributed by atoms with Crippen LogP contribution < -0.4 is 20.9 Å². The summed E-state index contributed by atoms with van der Waals surface area (Å²) in [4.78, 5) is 0. The first-order valence-electron chi connectivity index (χ1n) is 4.05. The Balaban J connectivity index is 0.00000144. The van der Waals surface area contributed by atoms with Gasteiger partial charge in [-0.3, -0.25) is 0 Å². The molecule has 1 aliphatic heterocycles. The maximum Gasteiger partial charge on any atom is 0.488 e. The van der Waals surface area contributed by atoms with Gasteiger partial charge in [0.05, 0.1) is 11.4 Å². The number of alkyl halides is 4. The molecule has 0 saturated carbocycles. The van der Waals surface area contributed by atoms with Crippen molar-refractivity contribution in [2.75, 3.05) is 11.5 Å². The average Bonchev–Trinajstić information content (AvgIpc) is 2.10. The Labute approximate surface area is 117 Å². The molecule has 1 heterocycles. The van der Waals surface area contributed by atoms with Crippen LogP contribution in [0.4, 0.5) is 24.5 Å². The zero-order valence-electron chi connectivity index (χ0n) is 8.45. The largest absolute Gasteiger partial charge is 0.488 e. The van der Waals surface area contributed by atoms with Crippen molar-refractivity contribution in [3.63, 3.8) is 0 Å². The van der Waals surface area contributed by atoms with Gasteiger partial charge in [0.25, 0.3) is 0 Å². The zero-order valence-corrected chi connectivity index (χ0v) is 10.8. The second-order valence-electron chi connectivity index (χ2n) is 3.17. The molecule has 1 aromatic carbocycles. The molecule has 4 nitrogen and oxygen atoms in total. The topological polar surface area (TPSA) is 70.5 Å². The molecule has 0 fully saturated rings. The number of hydrogen-bond donors (Lipinski definition) is 2. The van der Waals surface area contributed by atoms with E-state index in [-0.39, 0.29) is 41.9 Å². The Kier molecular flexibility index (Phi) is 4.73. The predicted octanol–water partition coefficient (Wildman–Crippen LogP) is 2.92. The van der Waals surface area contributed by atoms with E-state index in [1.807, 2.05) is 0 Å². The number of hydrogen-bond acceptors (Lipinski definition) is 4. The Hall–Kier alpha value is -0.920. The van der Waals surface area contributed by atoms with Gasteiger partial charge in [-0.2, -0.15) is 13.2 Å². The molecule has 0 radical (unpaired) electrons. The average molecular weight is 328 g/mol. The first kappa shape index (κ1) is 17.1. The second kappa shape index (κ2) is 4.99. The molecule has 1 atom stereocenters. The summed E-state index contributed by atoms with van der Waals surface area (Å²) in [7, 11) is 0. The molecule has 1 aromatic rings. The van der Waals surface area contributed by atoms with E-state index in [2.05, 4.69) is 9.47 Å². The van der Waals surface area contributed by atoms with Crippen molar-refractivity contribution in [2.24, 2.45) is 0 Å². The molecule has 0 aliphatic carbocycles. The highest BCUT2D eigenvalue weighted by Crippen LogP contribution is 2.49. The van der Waals surface area contributed by atoms with E-state index in [9.17, 15) is 13.2 Å². The maximum absolute atomic E-state index is 13.2. The molecule has 1 unspecified atom stereocenters. The van der Waals surface area contributed by atoms with E-state index in [4.69, 9.17) is 23.1 Å². The van der Waals surface area contributed by atoms with E-state index in [0.29, 0.717) is 0 Å². The standard InChI is InChI=1S/C8H6ClF3N2O2.2ClH/c9-7(10)8(11,12)16-6-2-4(14)3(13)1-5(6)15-7;;/h1-2H,13-14H2;2*1H. The summed E-state index contributed by atoms with van der Waals surface area (Å²) in [5.41, 5.74) is 10.8. The summed E-state index contributed by atoms with van der Waals surface area (Å²) < 4.78 is 47.4. The molecule has 104 valence electrons. The number of benzene rings is 1. The molecular weight excluding hydrogens is 319 g/mol. The third kappa shape index (κ3) is 2.57. The van der Waals surface area contributed by atoms with Crippen molar-refractivity contribution in [3.8, 4) is 11.5 Å². The number of anilines is 2. The number of fused-ring (bicyclic) bond motifs is 1. The lowest BCUT2D eigenvalue weighted by Gasteiger charge is -2.33. The van der Waals surface area contributed by atoms with Crippen molar-refractivity contribution in [2.45, 2.75) is 11.4 Å². The van der Waals surface area contributed by atoms with E-state index >= 15 is 0 Å². The van der Waals surface area contributed by atoms with Crippen LogP contribution in [-0.2, 0) is 0 Å². The molecule has 4 N–H and O–H groups in total. The van der Waals surface area contributed by atoms with Crippen LogP contribution in [0.2, 0.25) is 0 Å². The molecule has 0 amide bonds. The van der Waals surface area contributed by atoms with Gasteiger partial charge in [0, 0.05) is 12.1 Å². The van der Waals surface area contributed by atoms with Crippen molar-refractivity contribution >= 4 is 47.8 Å². The zero-order chi connectivity index (χ0) is 12.1. The quantitative estimate of drug-likeness (QED) is 0.568. The van der Waals surface area contributed by atoms with Gasteiger partial charge in [-0.05, 0) is 11.6 Å². The Morgan fingerprint density at radius 1 is 0.944 bits per heavy atom. The Morgan fingerprint density at radius 3 is 1.78 bits per heavy atom. The first-order valence-corrected chi connectivity index (χ1v) is 4.43. The highest BCUT2D eigenvalue weighted by atomic mass is 35.5.